The van der Waals surface area contributed by atoms with Gasteiger partial charge in [-0.2, -0.15) is 5.10 Å². The van der Waals surface area contributed by atoms with Crippen molar-refractivity contribution in [1.82, 2.24) is 10.2 Å². The van der Waals surface area contributed by atoms with Gasteiger partial charge in [0.1, 0.15) is 0 Å². The second-order valence-electron chi connectivity index (χ2n) is 1.95. The van der Waals surface area contributed by atoms with Crippen molar-refractivity contribution in [3.8, 4) is 0 Å². The Morgan fingerprint density at radius 2 is 2.45 bits per heavy atom. The minimum Gasteiger partial charge on any atom is -0.284 e. The fourth-order valence-corrected chi connectivity index (χ4v) is 1.25. The van der Waals surface area contributed by atoms with E-state index in [0.717, 1.165) is 0 Å². The van der Waals surface area contributed by atoms with Crippen LogP contribution >= 0.6 is 15.9 Å². The van der Waals surface area contributed by atoms with E-state index in [1.165, 1.54) is 0 Å². The second-order valence-corrected chi connectivity index (χ2v) is 2.70. The van der Waals surface area contributed by atoms with Gasteiger partial charge in [0.25, 0.3) is 0 Å². The van der Waals surface area contributed by atoms with Crippen LogP contribution < -0.4 is 5.59 Å². The van der Waals surface area contributed by atoms with Gasteiger partial charge in [0.05, 0.1) is 10.5 Å². The molecule has 58 valence electrons. The van der Waals surface area contributed by atoms with Crippen LogP contribution in [0.25, 0.3) is 0 Å². The molecule has 0 radical (unpaired) electrons. The standard InChI is InChI=1S/C4H5BBrN3O2/c1-5-3-2(9(10)11)4(6)8-7-3/h5H,1H3,(H,7,8). The fourth-order valence-electron chi connectivity index (χ4n) is 0.779. The third-order valence-corrected chi connectivity index (χ3v) is 1.86. The molecule has 1 N–H and O–H groups in total. The van der Waals surface area contributed by atoms with Crippen LogP contribution in [0.2, 0.25) is 6.82 Å². The number of halogens is 1. The molecule has 1 aromatic rings. The maximum absolute atomic E-state index is 10.4. The summed E-state index contributed by atoms with van der Waals surface area (Å²) in [6.07, 6.45) is 0. The maximum Gasteiger partial charge on any atom is 0.314 e. The maximum atomic E-state index is 10.4. The average Bonchev–Trinajstić information content (AvgIpc) is 2.30. The van der Waals surface area contributed by atoms with Crippen LogP contribution in [0.3, 0.4) is 0 Å². The SMILES string of the molecule is CBc1[nH]nc(Br)c1[N+](=O)[O-]. The molecule has 0 atom stereocenters. The number of hydrogen-bond donors (Lipinski definition) is 1. The lowest BCUT2D eigenvalue weighted by atomic mass is 9.77. The number of aromatic amines is 1. The van der Waals surface area contributed by atoms with Crippen LogP contribution in [0.1, 0.15) is 0 Å². The minimum atomic E-state index is -0.452. The van der Waals surface area contributed by atoms with E-state index >= 15 is 0 Å². The zero-order valence-corrected chi connectivity index (χ0v) is 7.38. The van der Waals surface area contributed by atoms with Crippen molar-refractivity contribution in [3.63, 3.8) is 0 Å². The molecular weight excluding hydrogens is 213 g/mol. The van der Waals surface area contributed by atoms with E-state index in [0.29, 0.717) is 12.9 Å². The van der Waals surface area contributed by atoms with Gasteiger partial charge in [-0.05, 0) is 15.9 Å². The van der Waals surface area contributed by atoms with Crippen molar-refractivity contribution in [1.29, 1.82) is 0 Å². The highest BCUT2D eigenvalue weighted by atomic mass is 79.9. The first-order chi connectivity index (χ1) is 5.16. The first-order valence-corrected chi connectivity index (χ1v) is 3.83. The predicted molar refractivity (Wildman–Crippen MR) is 45.6 cm³/mol. The molecule has 0 aliphatic heterocycles. The first-order valence-electron chi connectivity index (χ1n) is 3.04. The fraction of sp³-hybridized carbons (Fsp3) is 0.250. The summed E-state index contributed by atoms with van der Waals surface area (Å²) in [7, 11) is 0.578. The number of H-pyrrole nitrogens is 1. The molecule has 0 saturated carbocycles. The largest absolute Gasteiger partial charge is 0.314 e. The van der Waals surface area contributed by atoms with E-state index in [-0.39, 0.29) is 10.3 Å². The van der Waals surface area contributed by atoms with Gasteiger partial charge in [-0.15, -0.1) is 0 Å². The summed E-state index contributed by atoms with van der Waals surface area (Å²) in [4.78, 5) is 9.93. The molecule has 11 heavy (non-hydrogen) atoms. The van der Waals surface area contributed by atoms with Crippen molar-refractivity contribution >= 4 is 34.5 Å². The van der Waals surface area contributed by atoms with Gasteiger partial charge >= 0.3 is 5.69 Å². The summed E-state index contributed by atoms with van der Waals surface area (Å²) < 4.78 is 0.263. The zero-order chi connectivity index (χ0) is 8.43. The van der Waals surface area contributed by atoms with Crippen LogP contribution in [0.15, 0.2) is 4.60 Å². The Labute approximate surface area is 71.7 Å². The molecule has 0 aliphatic rings. The molecular formula is C4H5BBrN3O2. The molecule has 0 aliphatic carbocycles. The van der Waals surface area contributed by atoms with Crippen molar-refractivity contribution in [2.45, 2.75) is 6.82 Å². The van der Waals surface area contributed by atoms with Crippen molar-refractivity contribution < 1.29 is 4.92 Å². The second kappa shape index (κ2) is 3.04. The zero-order valence-electron chi connectivity index (χ0n) is 5.80. The molecule has 7 heteroatoms. The number of aromatic nitrogens is 2. The third-order valence-electron chi connectivity index (χ3n) is 1.31. The summed E-state index contributed by atoms with van der Waals surface area (Å²) in [6.45, 7) is 1.83. The Bertz CT molecular complexity index is 287. The van der Waals surface area contributed by atoms with E-state index in [2.05, 4.69) is 26.1 Å². The molecule has 0 saturated heterocycles. The average molecular weight is 218 g/mol. The highest BCUT2D eigenvalue weighted by Gasteiger charge is 2.20. The molecule has 5 nitrogen and oxygen atoms in total. The molecule has 0 spiro atoms. The van der Waals surface area contributed by atoms with E-state index < -0.39 is 4.92 Å². The molecule has 1 aromatic heterocycles. The summed E-state index contributed by atoms with van der Waals surface area (Å²) in [6, 6.07) is 0. The van der Waals surface area contributed by atoms with Gasteiger partial charge in [-0.25, -0.2) is 0 Å². The summed E-state index contributed by atoms with van der Waals surface area (Å²) in [5.41, 5.74) is 0.578. The third kappa shape index (κ3) is 1.42. The van der Waals surface area contributed by atoms with Gasteiger partial charge < -0.3 is 0 Å². The predicted octanol–water partition coefficient (Wildman–Crippen LogP) is 0.190. The molecule has 0 aromatic carbocycles. The van der Waals surface area contributed by atoms with Crippen molar-refractivity contribution in [2.24, 2.45) is 0 Å². The van der Waals surface area contributed by atoms with E-state index in [1.54, 1.807) is 0 Å². The van der Waals surface area contributed by atoms with Crippen LogP contribution in [-0.2, 0) is 0 Å². The Hall–Kier alpha value is -0.845. The summed E-state index contributed by atoms with van der Waals surface area (Å²) >= 11 is 2.97. The Morgan fingerprint density at radius 3 is 2.82 bits per heavy atom. The highest BCUT2D eigenvalue weighted by Crippen LogP contribution is 2.17. The number of hydrogen-bond acceptors (Lipinski definition) is 3. The lowest BCUT2D eigenvalue weighted by Gasteiger charge is -1.87. The summed E-state index contributed by atoms with van der Waals surface area (Å²) in [5.74, 6) is 0. The van der Waals surface area contributed by atoms with Gasteiger partial charge in [0.15, 0.2) is 7.28 Å². The lowest BCUT2D eigenvalue weighted by Crippen LogP contribution is -2.15. The number of rotatable bonds is 2. The Kier molecular flexibility index (Phi) is 2.28. The number of nitro groups is 1. The van der Waals surface area contributed by atoms with Crippen LogP contribution in [0, 0.1) is 10.1 Å². The van der Waals surface area contributed by atoms with Gasteiger partial charge in [0, 0.05) is 0 Å². The molecule has 0 fully saturated rings. The van der Waals surface area contributed by atoms with Crippen molar-refractivity contribution in [3.05, 3.63) is 14.7 Å². The lowest BCUT2D eigenvalue weighted by molar-refractivity contribution is -0.384. The van der Waals surface area contributed by atoms with Crippen LogP contribution in [0.4, 0.5) is 5.69 Å². The smallest absolute Gasteiger partial charge is 0.284 e. The van der Waals surface area contributed by atoms with Gasteiger partial charge in [-0.3, -0.25) is 15.2 Å². The highest BCUT2D eigenvalue weighted by molar-refractivity contribution is 9.10. The first kappa shape index (κ1) is 8.25. The molecule has 0 amide bonds. The molecule has 0 bridgehead atoms. The quantitative estimate of drug-likeness (QED) is 0.437. The monoisotopic (exact) mass is 217 g/mol. The minimum absolute atomic E-state index is 0.0347. The van der Waals surface area contributed by atoms with E-state index in [9.17, 15) is 10.1 Å². The van der Waals surface area contributed by atoms with E-state index in [4.69, 9.17) is 0 Å². The van der Waals surface area contributed by atoms with Crippen LogP contribution in [0.5, 0.6) is 0 Å². The van der Waals surface area contributed by atoms with Gasteiger partial charge in [0.2, 0.25) is 4.60 Å². The molecule has 1 heterocycles. The summed E-state index contributed by atoms with van der Waals surface area (Å²) in [5, 5.41) is 16.6. The number of nitrogens with zero attached hydrogens (tertiary/aromatic N) is 2. The molecule has 0 unspecified atom stereocenters. The normalized spacial score (nSPS) is 9.64. The Morgan fingerprint density at radius 1 is 1.82 bits per heavy atom. The Balaban J connectivity index is 3.17. The van der Waals surface area contributed by atoms with Gasteiger partial charge in [-0.1, -0.05) is 6.82 Å². The topological polar surface area (TPSA) is 71.8 Å². The van der Waals surface area contributed by atoms with E-state index in [1.807, 2.05) is 6.82 Å². The molecule has 1 rings (SSSR count). The number of nitrogens with one attached hydrogen (secondary N) is 1. The van der Waals surface area contributed by atoms with Crippen molar-refractivity contribution in [2.75, 3.05) is 0 Å². The van der Waals surface area contributed by atoms with Crippen LogP contribution in [-0.4, -0.2) is 22.4 Å².